The van der Waals surface area contributed by atoms with Gasteiger partial charge in [0, 0.05) is 11.8 Å². The van der Waals surface area contributed by atoms with Gasteiger partial charge < -0.3 is 15.3 Å². The van der Waals surface area contributed by atoms with Crippen LogP contribution in [0.3, 0.4) is 0 Å². The van der Waals surface area contributed by atoms with Crippen molar-refractivity contribution in [3.63, 3.8) is 0 Å². The largest absolute Gasteiger partial charge is 0.393 e. The Kier molecular flexibility index (Phi) is 4.12. The Labute approximate surface area is 160 Å². The van der Waals surface area contributed by atoms with Gasteiger partial charge in [-0.2, -0.15) is 0 Å². The summed E-state index contributed by atoms with van der Waals surface area (Å²) in [5, 5.41) is 32.0. The van der Waals surface area contributed by atoms with Crippen LogP contribution in [0.2, 0.25) is 0 Å². The first-order valence-electron chi connectivity index (χ1n) is 10.1. The van der Waals surface area contributed by atoms with Crippen LogP contribution >= 0.6 is 0 Å². The third-order valence-electron chi connectivity index (χ3n) is 8.64. The fourth-order valence-electron chi connectivity index (χ4n) is 7.27. The van der Waals surface area contributed by atoms with Gasteiger partial charge in [0.05, 0.1) is 6.10 Å². The summed E-state index contributed by atoms with van der Waals surface area (Å²) in [6.45, 7) is 7.32. The smallest absolute Gasteiger partial charge is 0.194 e. The van der Waals surface area contributed by atoms with Crippen LogP contribution in [0.4, 0.5) is 0 Å². The van der Waals surface area contributed by atoms with E-state index >= 15 is 0 Å². The summed E-state index contributed by atoms with van der Waals surface area (Å²) < 4.78 is 0. The molecule has 0 unspecified atom stereocenters. The second-order valence-electron chi connectivity index (χ2n) is 9.68. The number of hydrogen-bond acceptors (Lipinski definition) is 5. The van der Waals surface area contributed by atoms with Crippen LogP contribution in [0.5, 0.6) is 0 Å². The molecule has 4 aliphatic rings. The van der Waals surface area contributed by atoms with Crippen molar-refractivity contribution >= 4 is 11.6 Å². The van der Waals surface area contributed by atoms with E-state index in [1.165, 1.54) is 0 Å². The molecule has 5 heteroatoms. The number of aliphatic hydroxyl groups is 3. The molecule has 0 spiro atoms. The maximum Gasteiger partial charge on any atom is 0.194 e. The molecule has 5 nitrogen and oxygen atoms in total. The van der Waals surface area contributed by atoms with E-state index in [9.17, 15) is 24.9 Å². The normalized spacial score (nSPS) is 49.1. The fourth-order valence-corrected chi connectivity index (χ4v) is 7.27. The van der Waals surface area contributed by atoms with Crippen LogP contribution in [0, 0.1) is 28.6 Å². The highest BCUT2D eigenvalue weighted by atomic mass is 16.3. The van der Waals surface area contributed by atoms with Crippen LogP contribution in [-0.4, -0.2) is 45.2 Å². The first kappa shape index (κ1) is 19.0. The Morgan fingerprint density at radius 1 is 1.33 bits per heavy atom. The van der Waals surface area contributed by atoms with E-state index in [1.807, 2.05) is 6.92 Å². The molecule has 0 radical (unpaired) electrons. The topological polar surface area (TPSA) is 94.8 Å². The maximum atomic E-state index is 12.5. The van der Waals surface area contributed by atoms with E-state index < -0.39 is 29.5 Å². The van der Waals surface area contributed by atoms with Gasteiger partial charge in [0.2, 0.25) is 0 Å². The van der Waals surface area contributed by atoms with Crippen molar-refractivity contribution in [3.05, 3.63) is 23.8 Å². The summed E-state index contributed by atoms with van der Waals surface area (Å²) >= 11 is 0. The second kappa shape index (κ2) is 5.85. The van der Waals surface area contributed by atoms with Crippen molar-refractivity contribution in [2.24, 2.45) is 28.6 Å². The number of carbonyl (C=O) groups is 2. The molecule has 0 saturated heterocycles. The van der Waals surface area contributed by atoms with Crippen molar-refractivity contribution in [2.45, 2.75) is 64.1 Å². The van der Waals surface area contributed by atoms with Crippen molar-refractivity contribution in [3.8, 4) is 0 Å². The van der Waals surface area contributed by atoms with Crippen LogP contribution in [0.25, 0.3) is 0 Å². The highest BCUT2D eigenvalue weighted by molar-refractivity contribution is 5.93. The molecule has 0 aliphatic heterocycles. The zero-order chi connectivity index (χ0) is 19.8. The molecule has 0 heterocycles. The Hall–Kier alpha value is -1.30. The van der Waals surface area contributed by atoms with Gasteiger partial charge in [-0.25, -0.2) is 0 Å². The van der Waals surface area contributed by atoms with E-state index in [4.69, 9.17) is 0 Å². The molecule has 0 aromatic carbocycles. The lowest BCUT2D eigenvalue weighted by atomic mass is 9.45. The Morgan fingerprint density at radius 3 is 2.70 bits per heavy atom. The summed E-state index contributed by atoms with van der Waals surface area (Å²) in [6.07, 6.45) is 4.89. The minimum atomic E-state index is -1.78. The number of fused-ring (bicyclic) bond motifs is 5. The van der Waals surface area contributed by atoms with Gasteiger partial charge in [0.1, 0.15) is 6.61 Å². The minimum Gasteiger partial charge on any atom is -0.393 e. The first-order valence-corrected chi connectivity index (χ1v) is 10.1. The minimum absolute atomic E-state index is 0.0167. The summed E-state index contributed by atoms with van der Waals surface area (Å²) in [4.78, 5) is 24.4. The Morgan fingerprint density at radius 2 is 2.04 bits per heavy atom. The molecule has 27 heavy (non-hydrogen) atoms. The molecule has 4 rings (SSSR count). The van der Waals surface area contributed by atoms with Crippen molar-refractivity contribution < 1.29 is 24.9 Å². The van der Waals surface area contributed by atoms with E-state index in [2.05, 4.69) is 13.5 Å². The zero-order valence-corrected chi connectivity index (χ0v) is 16.2. The average Bonchev–Trinajstić information content (AvgIpc) is 2.82. The van der Waals surface area contributed by atoms with Crippen LogP contribution in [0.1, 0.15) is 52.4 Å². The highest BCUT2D eigenvalue weighted by Crippen LogP contribution is 2.68. The molecule has 3 fully saturated rings. The van der Waals surface area contributed by atoms with Crippen LogP contribution < -0.4 is 0 Å². The SMILES string of the molecule is C=C1C[C@H]2[C@@H]3CCC4=CC(=O)CC[C@]4(C)[C@H]3[C@@H](O)C[C@]2(C)[C@@]1(O)C(=O)CO. The lowest BCUT2D eigenvalue weighted by molar-refractivity contribution is -0.177. The number of hydrogen-bond donors (Lipinski definition) is 3. The average molecular weight is 374 g/mol. The summed E-state index contributed by atoms with van der Waals surface area (Å²) in [6, 6.07) is 0. The van der Waals surface area contributed by atoms with E-state index in [-0.39, 0.29) is 29.0 Å². The molecular weight excluding hydrogens is 344 g/mol. The van der Waals surface area contributed by atoms with Gasteiger partial charge in [-0.05, 0) is 66.9 Å². The molecule has 7 atom stereocenters. The van der Waals surface area contributed by atoms with Crippen LogP contribution in [0.15, 0.2) is 23.8 Å². The standard InChI is InChI=1S/C22H30O5/c1-12-8-16-15-5-4-13-9-14(24)6-7-20(13,2)19(15)17(25)10-21(16,3)22(12,27)18(26)11-23/h9,15-17,19,23,25,27H,1,4-8,10-11H2,2-3H3/t15-,16-,17-,19+,20-,21-,22-/m0/s1. The molecule has 0 aromatic heterocycles. The number of rotatable bonds is 2. The van der Waals surface area contributed by atoms with Gasteiger partial charge in [-0.3, -0.25) is 9.59 Å². The highest BCUT2D eigenvalue weighted by Gasteiger charge is 2.69. The molecule has 0 amide bonds. The van der Waals surface area contributed by atoms with Crippen LogP contribution in [-0.2, 0) is 9.59 Å². The number of aliphatic hydroxyl groups excluding tert-OH is 2. The second-order valence-corrected chi connectivity index (χ2v) is 9.68. The van der Waals surface area contributed by atoms with Crippen molar-refractivity contribution in [2.75, 3.05) is 6.61 Å². The number of ketones is 2. The maximum absolute atomic E-state index is 12.5. The van der Waals surface area contributed by atoms with Gasteiger partial charge >= 0.3 is 0 Å². The van der Waals surface area contributed by atoms with E-state index in [0.717, 1.165) is 24.8 Å². The summed E-state index contributed by atoms with van der Waals surface area (Å²) in [5.41, 5.74) is -1.20. The molecule has 3 N–H and O–H groups in total. The fraction of sp³-hybridized carbons (Fsp3) is 0.727. The Balaban J connectivity index is 1.78. The molecule has 0 bridgehead atoms. The third kappa shape index (κ3) is 2.22. The quantitative estimate of drug-likeness (QED) is 0.642. The van der Waals surface area contributed by atoms with Crippen molar-refractivity contribution in [1.82, 2.24) is 0 Å². The first-order chi connectivity index (χ1) is 12.6. The molecule has 3 saturated carbocycles. The summed E-state index contributed by atoms with van der Waals surface area (Å²) in [5.74, 6) is -0.230. The lowest BCUT2D eigenvalue weighted by Gasteiger charge is -2.60. The van der Waals surface area contributed by atoms with E-state index in [0.29, 0.717) is 24.8 Å². The summed E-state index contributed by atoms with van der Waals surface area (Å²) in [7, 11) is 0. The van der Waals surface area contributed by atoms with Gasteiger partial charge in [0.15, 0.2) is 17.2 Å². The molecule has 148 valence electrons. The molecular formula is C22H30O5. The van der Waals surface area contributed by atoms with E-state index in [1.54, 1.807) is 6.08 Å². The number of carbonyl (C=O) groups excluding carboxylic acids is 2. The van der Waals surface area contributed by atoms with Crippen molar-refractivity contribution in [1.29, 1.82) is 0 Å². The monoisotopic (exact) mass is 374 g/mol. The zero-order valence-electron chi connectivity index (χ0n) is 16.2. The van der Waals surface area contributed by atoms with Gasteiger partial charge in [-0.1, -0.05) is 26.0 Å². The predicted molar refractivity (Wildman–Crippen MR) is 99.7 cm³/mol. The lowest BCUT2D eigenvalue weighted by Crippen LogP contribution is -2.62. The predicted octanol–water partition coefficient (Wildman–Crippen LogP) is 1.95. The van der Waals surface area contributed by atoms with Gasteiger partial charge in [0.25, 0.3) is 0 Å². The van der Waals surface area contributed by atoms with Gasteiger partial charge in [-0.15, -0.1) is 0 Å². The number of Topliss-reactive ketones (excluding diaryl/α,β-unsaturated/α-hetero) is 1. The Bertz CT molecular complexity index is 754. The third-order valence-corrected chi connectivity index (χ3v) is 8.64. The molecule has 4 aliphatic carbocycles. The number of allylic oxidation sites excluding steroid dienone is 1. The molecule has 0 aromatic rings.